The van der Waals surface area contributed by atoms with E-state index >= 15 is 0 Å². The summed E-state index contributed by atoms with van der Waals surface area (Å²) in [6.45, 7) is 4.50. The SMILES string of the molecule is CC(C)=CC[C@]12C[C@H](COC1=O)C[C@@H]2O. The first kappa shape index (κ1) is 10.7. The zero-order valence-electron chi connectivity index (χ0n) is 9.32. The highest BCUT2D eigenvalue weighted by atomic mass is 16.5. The summed E-state index contributed by atoms with van der Waals surface area (Å²) in [6, 6.07) is 0. The lowest BCUT2D eigenvalue weighted by Crippen LogP contribution is -2.41. The number of esters is 1. The van der Waals surface area contributed by atoms with Crippen LogP contribution in [-0.4, -0.2) is 23.8 Å². The van der Waals surface area contributed by atoms with Crippen molar-refractivity contribution in [2.24, 2.45) is 11.3 Å². The predicted molar refractivity (Wildman–Crippen MR) is 56.2 cm³/mol. The molecule has 1 aliphatic carbocycles. The van der Waals surface area contributed by atoms with Gasteiger partial charge in [-0.15, -0.1) is 0 Å². The van der Waals surface area contributed by atoms with Crippen molar-refractivity contribution in [1.82, 2.24) is 0 Å². The number of ether oxygens (including phenoxy) is 1. The summed E-state index contributed by atoms with van der Waals surface area (Å²) in [5.41, 5.74) is 0.540. The molecule has 84 valence electrons. The molecule has 15 heavy (non-hydrogen) atoms. The first-order valence-electron chi connectivity index (χ1n) is 5.53. The van der Waals surface area contributed by atoms with E-state index in [4.69, 9.17) is 4.74 Å². The maximum absolute atomic E-state index is 11.8. The van der Waals surface area contributed by atoms with Gasteiger partial charge in [0, 0.05) is 0 Å². The molecule has 0 aromatic carbocycles. The summed E-state index contributed by atoms with van der Waals surface area (Å²) in [5.74, 6) is 0.157. The first-order chi connectivity index (χ1) is 7.04. The van der Waals surface area contributed by atoms with Crippen LogP contribution in [0, 0.1) is 11.3 Å². The molecular weight excluding hydrogens is 192 g/mol. The van der Waals surface area contributed by atoms with E-state index in [-0.39, 0.29) is 5.97 Å². The van der Waals surface area contributed by atoms with Crippen molar-refractivity contribution in [2.75, 3.05) is 6.61 Å². The molecule has 2 bridgehead atoms. The number of rotatable bonds is 2. The van der Waals surface area contributed by atoms with Gasteiger partial charge in [0.1, 0.15) is 0 Å². The van der Waals surface area contributed by atoms with Gasteiger partial charge in [-0.05, 0) is 39.0 Å². The van der Waals surface area contributed by atoms with Crippen LogP contribution in [0.25, 0.3) is 0 Å². The topological polar surface area (TPSA) is 46.5 Å². The molecule has 2 rings (SSSR count). The van der Waals surface area contributed by atoms with Crippen LogP contribution in [0.5, 0.6) is 0 Å². The fourth-order valence-corrected chi connectivity index (χ4v) is 2.65. The summed E-state index contributed by atoms with van der Waals surface area (Å²) < 4.78 is 5.14. The van der Waals surface area contributed by atoms with Gasteiger partial charge in [0.05, 0.1) is 18.1 Å². The van der Waals surface area contributed by atoms with E-state index in [2.05, 4.69) is 0 Å². The molecule has 1 N–H and O–H groups in total. The molecular formula is C12H18O3. The standard InChI is InChI=1S/C12H18O3/c1-8(2)3-4-12-6-9(5-10(12)13)7-15-11(12)14/h3,9-10,13H,4-7H2,1-2H3/t9-,10+,12-/m1/s1. The zero-order chi connectivity index (χ0) is 11.1. The Labute approximate surface area is 90.1 Å². The number of aliphatic hydroxyl groups excluding tert-OH is 1. The van der Waals surface area contributed by atoms with Gasteiger partial charge in [-0.1, -0.05) is 11.6 Å². The fraction of sp³-hybridized carbons (Fsp3) is 0.750. The van der Waals surface area contributed by atoms with Gasteiger partial charge in [-0.2, -0.15) is 0 Å². The fourth-order valence-electron chi connectivity index (χ4n) is 2.65. The molecule has 1 aliphatic heterocycles. The summed E-state index contributed by atoms with van der Waals surface area (Å²) >= 11 is 0. The van der Waals surface area contributed by atoms with Crippen LogP contribution in [-0.2, 0) is 9.53 Å². The van der Waals surface area contributed by atoms with Crippen LogP contribution in [0.3, 0.4) is 0 Å². The average Bonchev–Trinajstić information content (AvgIpc) is 2.44. The molecule has 0 amide bonds. The Kier molecular flexibility index (Phi) is 2.59. The summed E-state index contributed by atoms with van der Waals surface area (Å²) in [4.78, 5) is 11.8. The molecule has 0 radical (unpaired) electrons. The van der Waals surface area contributed by atoms with E-state index in [9.17, 15) is 9.90 Å². The molecule has 0 unspecified atom stereocenters. The summed E-state index contributed by atoms with van der Waals surface area (Å²) in [5, 5.41) is 10.0. The largest absolute Gasteiger partial charge is 0.465 e. The van der Waals surface area contributed by atoms with E-state index in [0.29, 0.717) is 25.4 Å². The lowest BCUT2D eigenvalue weighted by atomic mass is 9.78. The average molecular weight is 210 g/mol. The number of carbonyl (C=O) groups excluding carboxylic acids is 1. The Morgan fingerprint density at radius 3 is 3.07 bits per heavy atom. The molecule has 3 atom stereocenters. The molecule has 0 aromatic rings. The quantitative estimate of drug-likeness (QED) is 0.557. The van der Waals surface area contributed by atoms with Gasteiger partial charge in [0.15, 0.2) is 0 Å². The Morgan fingerprint density at radius 2 is 2.40 bits per heavy atom. The molecule has 3 nitrogen and oxygen atoms in total. The van der Waals surface area contributed by atoms with E-state index < -0.39 is 11.5 Å². The van der Waals surface area contributed by atoms with Crippen LogP contribution in [0.15, 0.2) is 11.6 Å². The number of allylic oxidation sites excluding steroid dienone is 2. The second-order valence-electron chi connectivity index (χ2n) is 5.06. The third-order valence-electron chi connectivity index (χ3n) is 3.58. The Morgan fingerprint density at radius 1 is 1.67 bits per heavy atom. The van der Waals surface area contributed by atoms with Crippen molar-refractivity contribution < 1.29 is 14.6 Å². The highest BCUT2D eigenvalue weighted by molar-refractivity contribution is 5.79. The van der Waals surface area contributed by atoms with E-state index in [0.717, 1.165) is 6.42 Å². The van der Waals surface area contributed by atoms with Crippen LogP contribution in [0.2, 0.25) is 0 Å². The van der Waals surface area contributed by atoms with E-state index in [1.165, 1.54) is 5.57 Å². The van der Waals surface area contributed by atoms with Crippen molar-refractivity contribution in [2.45, 2.75) is 39.2 Å². The normalized spacial score (nSPS) is 38.7. The minimum atomic E-state index is -0.639. The van der Waals surface area contributed by atoms with Crippen molar-refractivity contribution in [3.8, 4) is 0 Å². The van der Waals surface area contributed by atoms with Crippen molar-refractivity contribution in [3.63, 3.8) is 0 Å². The third-order valence-corrected chi connectivity index (χ3v) is 3.58. The molecule has 2 aliphatic rings. The van der Waals surface area contributed by atoms with Crippen LogP contribution < -0.4 is 0 Å². The van der Waals surface area contributed by atoms with Gasteiger partial charge >= 0.3 is 5.97 Å². The molecule has 0 aromatic heterocycles. The molecule has 1 saturated heterocycles. The molecule has 1 saturated carbocycles. The lowest BCUT2D eigenvalue weighted by molar-refractivity contribution is -0.165. The predicted octanol–water partition coefficient (Wildman–Crippen LogP) is 1.66. The van der Waals surface area contributed by atoms with E-state index in [1.807, 2.05) is 19.9 Å². The first-order valence-corrected chi connectivity index (χ1v) is 5.53. The van der Waals surface area contributed by atoms with Crippen molar-refractivity contribution in [1.29, 1.82) is 0 Å². The number of aliphatic hydroxyl groups is 1. The zero-order valence-corrected chi connectivity index (χ0v) is 9.32. The minimum absolute atomic E-state index is 0.207. The summed E-state index contributed by atoms with van der Waals surface area (Å²) in [6.07, 6.45) is 3.62. The molecule has 1 heterocycles. The number of hydrogen-bond donors (Lipinski definition) is 1. The monoisotopic (exact) mass is 210 g/mol. The minimum Gasteiger partial charge on any atom is -0.465 e. The number of hydrogen-bond acceptors (Lipinski definition) is 3. The highest BCUT2D eigenvalue weighted by Crippen LogP contribution is 2.49. The maximum Gasteiger partial charge on any atom is 0.315 e. The number of fused-ring (bicyclic) bond motifs is 2. The maximum atomic E-state index is 11.8. The summed E-state index contributed by atoms with van der Waals surface area (Å²) in [7, 11) is 0. The molecule has 2 fully saturated rings. The van der Waals surface area contributed by atoms with Crippen LogP contribution in [0.4, 0.5) is 0 Å². The second kappa shape index (κ2) is 3.63. The van der Waals surface area contributed by atoms with Gasteiger partial charge in [-0.25, -0.2) is 0 Å². The second-order valence-corrected chi connectivity index (χ2v) is 5.06. The van der Waals surface area contributed by atoms with Crippen molar-refractivity contribution in [3.05, 3.63) is 11.6 Å². The number of carbonyl (C=O) groups is 1. The van der Waals surface area contributed by atoms with Crippen molar-refractivity contribution >= 4 is 5.97 Å². The highest BCUT2D eigenvalue weighted by Gasteiger charge is 2.55. The Balaban J connectivity index is 2.22. The van der Waals surface area contributed by atoms with Gasteiger partial charge in [0.2, 0.25) is 0 Å². The Bertz CT molecular complexity index is 304. The van der Waals surface area contributed by atoms with E-state index in [1.54, 1.807) is 0 Å². The number of cyclic esters (lactones) is 1. The van der Waals surface area contributed by atoms with Crippen LogP contribution >= 0.6 is 0 Å². The van der Waals surface area contributed by atoms with Crippen LogP contribution in [0.1, 0.15) is 33.1 Å². The molecule has 0 spiro atoms. The van der Waals surface area contributed by atoms with Gasteiger partial charge in [-0.3, -0.25) is 4.79 Å². The van der Waals surface area contributed by atoms with Gasteiger partial charge in [0.25, 0.3) is 0 Å². The lowest BCUT2D eigenvalue weighted by Gasteiger charge is -2.32. The molecule has 3 heteroatoms. The van der Waals surface area contributed by atoms with Gasteiger partial charge < -0.3 is 9.84 Å². The third kappa shape index (κ3) is 1.69. The smallest absolute Gasteiger partial charge is 0.315 e. The Hall–Kier alpha value is -0.830.